The topological polar surface area (TPSA) is 66.4 Å². The van der Waals surface area contributed by atoms with E-state index in [-0.39, 0.29) is 6.04 Å². The third-order valence-corrected chi connectivity index (χ3v) is 7.15. The molecule has 22 heavy (non-hydrogen) atoms. The molecule has 0 bridgehead atoms. The molecular weight excluding hydrogens is 320 g/mol. The second kappa shape index (κ2) is 5.43. The quantitative estimate of drug-likeness (QED) is 0.814. The Labute approximate surface area is 133 Å². The molecule has 0 spiro atoms. The molecule has 4 rings (SSSR count). The molecule has 0 amide bonds. The summed E-state index contributed by atoms with van der Waals surface area (Å²) in [7, 11) is -2.81. The number of hydrogen-bond donors (Lipinski definition) is 0. The van der Waals surface area contributed by atoms with Gasteiger partial charge in [0.2, 0.25) is 0 Å². The zero-order valence-electron chi connectivity index (χ0n) is 12.2. The van der Waals surface area contributed by atoms with Gasteiger partial charge in [-0.2, -0.15) is 0 Å². The van der Waals surface area contributed by atoms with E-state index in [0.29, 0.717) is 11.5 Å². The number of piperazine rings is 1. The van der Waals surface area contributed by atoms with Crippen LogP contribution in [0.1, 0.15) is 6.42 Å². The first-order chi connectivity index (χ1) is 10.6. The van der Waals surface area contributed by atoms with Crippen molar-refractivity contribution in [3.63, 3.8) is 0 Å². The Morgan fingerprint density at radius 3 is 2.73 bits per heavy atom. The molecule has 2 saturated heterocycles. The zero-order valence-corrected chi connectivity index (χ0v) is 13.8. The van der Waals surface area contributed by atoms with Crippen molar-refractivity contribution in [1.82, 2.24) is 14.9 Å². The van der Waals surface area contributed by atoms with Crippen molar-refractivity contribution in [3.8, 4) is 0 Å². The molecule has 0 aliphatic carbocycles. The van der Waals surface area contributed by atoms with Crippen LogP contribution in [0, 0.1) is 0 Å². The Morgan fingerprint density at radius 2 is 2.00 bits per heavy atom. The van der Waals surface area contributed by atoms with Crippen LogP contribution in [-0.2, 0) is 9.84 Å². The van der Waals surface area contributed by atoms with Gasteiger partial charge in [0.15, 0.2) is 9.84 Å². The van der Waals surface area contributed by atoms with E-state index in [4.69, 9.17) is 0 Å². The average molecular weight is 338 g/mol. The van der Waals surface area contributed by atoms with Crippen molar-refractivity contribution in [2.75, 3.05) is 42.6 Å². The van der Waals surface area contributed by atoms with Gasteiger partial charge in [-0.15, -0.1) is 11.3 Å². The molecule has 0 aromatic carbocycles. The highest BCUT2D eigenvalue weighted by Gasteiger charge is 2.34. The fraction of sp³-hybridized carbons (Fsp3) is 0.571. The fourth-order valence-corrected chi connectivity index (χ4v) is 5.88. The first-order valence-electron chi connectivity index (χ1n) is 7.50. The predicted octanol–water partition coefficient (Wildman–Crippen LogP) is 1.00. The molecule has 0 unspecified atom stereocenters. The number of fused-ring (bicyclic) bond motifs is 1. The Morgan fingerprint density at radius 1 is 1.18 bits per heavy atom. The molecule has 6 nitrogen and oxygen atoms in total. The highest BCUT2D eigenvalue weighted by molar-refractivity contribution is 7.91. The third kappa shape index (κ3) is 2.59. The summed E-state index contributed by atoms with van der Waals surface area (Å²) in [6.07, 6.45) is 2.41. The SMILES string of the molecule is O=S1(=O)CC[C@@H](N2CCN(c3ncnc4sccc34)CC2)C1. The highest BCUT2D eigenvalue weighted by atomic mass is 32.2. The van der Waals surface area contributed by atoms with E-state index in [9.17, 15) is 8.42 Å². The molecule has 2 aromatic rings. The molecule has 2 aliphatic rings. The van der Waals surface area contributed by atoms with Crippen LogP contribution in [0.2, 0.25) is 0 Å². The molecule has 1 atom stereocenters. The lowest BCUT2D eigenvalue weighted by Gasteiger charge is -2.38. The van der Waals surface area contributed by atoms with Crippen LogP contribution in [0.3, 0.4) is 0 Å². The highest BCUT2D eigenvalue weighted by Crippen LogP contribution is 2.28. The van der Waals surface area contributed by atoms with E-state index < -0.39 is 9.84 Å². The normalized spacial score (nSPS) is 25.8. The molecule has 8 heteroatoms. The minimum Gasteiger partial charge on any atom is -0.353 e. The van der Waals surface area contributed by atoms with Crippen molar-refractivity contribution in [2.24, 2.45) is 0 Å². The van der Waals surface area contributed by atoms with E-state index in [2.05, 4.69) is 25.8 Å². The summed E-state index contributed by atoms with van der Waals surface area (Å²) in [5.74, 6) is 1.68. The maximum Gasteiger partial charge on any atom is 0.151 e. The molecule has 4 heterocycles. The summed E-state index contributed by atoms with van der Waals surface area (Å²) < 4.78 is 23.3. The number of sulfone groups is 1. The molecule has 0 saturated carbocycles. The molecule has 2 fully saturated rings. The van der Waals surface area contributed by atoms with Crippen LogP contribution in [0.15, 0.2) is 17.8 Å². The average Bonchev–Trinajstić information content (AvgIpc) is 3.13. The van der Waals surface area contributed by atoms with Gasteiger partial charge in [-0.25, -0.2) is 18.4 Å². The van der Waals surface area contributed by atoms with Crippen LogP contribution in [0.4, 0.5) is 5.82 Å². The van der Waals surface area contributed by atoms with Gasteiger partial charge in [0, 0.05) is 32.2 Å². The van der Waals surface area contributed by atoms with Crippen LogP contribution in [0.25, 0.3) is 10.2 Å². The smallest absolute Gasteiger partial charge is 0.151 e. The Balaban J connectivity index is 1.47. The van der Waals surface area contributed by atoms with E-state index >= 15 is 0 Å². The lowest BCUT2D eigenvalue weighted by atomic mass is 10.2. The second-order valence-electron chi connectivity index (χ2n) is 5.92. The van der Waals surface area contributed by atoms with Crippen molar-refractivity contribution in [2.45, 2.75) is 12.5 Å². The first kappa shape index (κ1) is 14.3. The van der Waals surface area contributed by atoms with Gasteiger partial charge in [0.1, 0.15) is 17.0 Å². The summed E-state index contributed by atoms with van der Waals surface area (Å²) in [6.45, 7) is 3.57. The van der Waals surface area contributed by atoms with Crippen molar-refractivity contribution in [1.29, 1.82) is 0 Å². The Bertz CT molecular complexity index is 781. The summed E-state index contributed by atoms with van der Waals surface area (Å²) in [4.78, 5) is 14.4. The minimum atomic E-state index is -2.81. The molecule has 118 valence electrons. The largest absolute Gasteiger partial charge is 0.353 e. The Hall–Kier alpha value is -1.25. The van der Waals surface area contributed by atoms with Gasteiger partial charge in [0.25, 0.3) is 0 Å². The van der Waals surface area contributed by atoms with Crippen molar-refractivity contribution >= 4 is 37.2 Å². The van der Waals surface area contributed by atoms with E-state index in [1.165, 1.54) is 0 Å². The minimum absolute atomic E-state index is 0.207. The van der Waals surface area contributed by atoms with Crippen molar-refractivity contribution < 1.29 is 8.42 Å². The van der Waals surface area contributed by atoms with Crippen LogP contribution < -0.4 is 4.90 Å². The van der Waals surface area contributed by atoms with Gasteiger partial charge in [-0.1, -0.05) is 0 Å². The molecule has 2 aliphatic heterocycles. The van der Waals surface area contributed by atoms with Crippen molar-refractivity contribution in [3.05, 3.63) is 17.8 Å². The summed E-state index contributed by atoms with van der Waals surface area (Å²) in [6, 6.07) is 2.28. The van der Waals surface area contributed by atoms with E-state index in [0.717, 1.165) is 48.6 Å². The number of nitrogens with zero attached hydrogens (tertiary/aromatic N) is 4. The lowest BCUT2D eigenvalue weighted by Crippen LogP contribution is -2.51. The molecule has 0 N–H and O–H groups in total. The van der Waals surface area contributed by atoms with E-state index in [1.54, 1.807) is 17.7 Å². The number of anilines is 1. The predicted molar refractivity (Wildman–Crippen MR) is 88.3 cm³/mol. The standard InChI is InChI=1S/C14H18N4O2S2/c19-22(20)8-2-11(9-22)17-3-5-18(6-4-17)13-12-1-7-21-14(12)16-10-15-13/h1,7,10-11H,2-6,8-9H2/t11-/m1/s1. The summed E-state index contributed by atoms with van der Waals surface area (Å²) >= 11 is 1.63. The van der Waals surface area contributed by atoms with Gasteiger partial charge in [-0.3, -0.25) is 4.90 Å². The number of hydrogen-bond acceptors (Lipinski definition) is 7. The molecular formula is C14H18N4O2S2. The van der Waals surface area contributed by atoms with Gasteiger partial charge in [0.05, 0.1) is 16.9 Å². The number of thiophene rings is 1. The summed E-state index contributed by atoms with van der Waals surface area (Å²) in [5, 5.41) is 3.16. The van der Waals surface area contributed by atoms with Gasteiger partial charge >= 0.3 is 0 Å². The fourth-order valence-electron chi connectivity index (χ4n) is 3.39. The summed E-state index contributed by atoms with van der Waals surface area (Å²) in [5.41, 5.74) is 0. The second-order valence-corrected chi connectivity index (χ2v) is 9.04. The monoisotopic (exact) mass is 338 g/mol. The number of aromatic nitrogens is 2. The molecule has 0 radical (unpaired) electrons. The van der Waals surface area contributed by atoms with Gasteiger partial charge in [-0.05, 0) is 17.9 Å². The third-order valence-electron chi connectivity index (χ3n) is 4.58. The number of rotatable bonds is 2. The van der Waals surface area contributed by atoms with Crippen LogP contribution in [0.5, 0.6) is 0 Å². The molecule has 2 aromatic heterocycles. The van der Waals surface area contributed by atoms with E-state index in [1.807, 2.05) is 5.38 Å². The lowest BCUT2D eigenvalue weighted by molar-refractivity contribution is 0.200. The van der Waals surface area contributed by atoms with Crippen LogP contribution in [-0.4, -0.2) is 67.0 Å². The van der Waals surface area contributed by atoms with Crippen LogP contribution >= 0.6 is 11.3 Å². The zero-order chi connectivity index (χ0) is 15.2. The maximum absolute atomic E-state index is 11.6. The van der Waals surface area contributed by atoms with Gasteiger partial charge < -0.3 is 4.90 Å². The first-order valence-corrected chi connectivity index (χ1v) is 10.2. The maximum atomic E-state index is 11.6. The Kier molecular flexibility index (Phi) is 3.54.